The van der Waals surface area contributed by atoms with Crippen molar-refractivity contribution in [2.75, 3.05) is 13.2 Å². The minimum atomic E-state index is -0.901. The van der Waals surface area contributed by atoms with E-state index in [9.17, 15) is 4.79 Å². The monoisotopic (exact) mass is 913 g/mol. The van der Waals surface area contributed by atoms with E-state index >= 15 is 0 Å². The van der Waals surface area contributed by atoms with E-state index < -0.39 is 11.7 Å². The van der Waals surface area contributed by atoms with Gasteiger partial charge in [-0.05, 0) is 121 Å². The molecule has 0 radical (unpaired) electrons. The average Bonchev–Trinajstić information content (AvgIpc) is 3.71. The Bertz CT molecular complexity index is 1830. The molecule has 0 spiro atoms. The molecule has 0 aromatic heterocycles. The fraction of sp³-hybridized carbons (Fsp3) is 0.667. The molecule has 4 aliphatic carbocycles. The molecule has 67 heavy (non-hydrogen) atoms. The molecule has 3 aromatic carbocycles. The SMILES string of the molecule is CCCCCCCCCCCCCC(=O)OC(COC1CC[C@@]2(C)C(=CCC3C2CC[C@@]2(C)C3CC[C@@H]2[C@H](C)CCCC(C)C)C1)COC(c1ccccc1)(c1ccccc1)c1ccccc1. The number of carbonyl (C=O) groups is 1. The zero-order valence-corrected chi connectivity index (χ0v) is 43.2. The Balaban J connectivity index is 1.01. The Morgan fingerprint density at radius 3 is 1.82 bits per heavy atom. The van der Waals surface area contributed by atoms with Gasteiger partial charge in [0.2, 0.25) is 0 Å². The first-order valence-electron chi connectivity index (χ1n) is 27.9. The topological polar surface area (TPSA) is 44.8 Å². The Kier molecular flexibility index (Phi) is 19.3. The molecule has 3 fully saturated rings. The van der Waals surface area contributed by atoms with Crippen LogP contribution in [0.4, 0.5) is 0 Å². The second kappa shape index (κ2) is 25.1. The van der Waals surface area contributed by atoms with Gasteiger partial charge in [0.1, 0.15) is 11.7 Å². The highest BCUT2D eigenvalue weighted by molar-refractivity contribution is 5.69. The van der Waals surface area contributed by atoms with Crippen LogP contribution < -0.4 is 0 Å². The molecule has 0 aliphatic heterocycles. The van der Waals surface area contributed by atoms with Gasteiger partial charge < -0.3 is 14.2 Å². The maximum atomic E-state index is 13.8. The number of fused-ring (bicyclic) bond motifs is 5. The van der Waals surface area contributed by atoms with Crippen molar-refractivity contribution in [1.82, 2.24) is 0 Å². The molecule has 0 saturated heterocycles. The first-order valence-corrected chi connectivity index (χ1v) is 27.9. The molecule has 3 saturated carbocycles. The van der Waals surface area contributed by atoms with Crippen LogP contribution in [0.2, 0.25) is 0 Å². The van der Waals surface area contributed by atoms with Crippen molar-refractivity contribution in [2.24, 2.45) is 46.3 Å². The van der Waals surface area contributed by atoms with E-state index in [0.29, 0.717) is 18.4 Å². The zero-order valence-electron chi connectivity index (χ0n) is 43.2. The summed E-state index contributed by atoms with van der Waals surface area (Å²) in [5.41, 5.74) is 4.63. The molecule has 4 heteroatoms. The van der Waals surface area contributed by atoms with Crippen LogP contribution in [0.25, 0.3) is 0 Å². The van der Waals surface area contributed by atoms with Gasteiger partial charge in [-0.15, -0.1) is 0 Å². The normalized spacial score (nSPS) is 26.9. The highest BCUT2D eigenvalue weighted by atomic mass is 16.6. The Hall–Kier alpha value is -3.21. The van der Waals surface area contributed by atoms with Crippen LogP contribution >= 0.6 is 0 Å². The summed E-state index contributed by atoms with van der Waals surface area (Å²) in [5.74, 6) is 4.86. The standard InChI is InChI=1S/C63H92O4/c1-7-8-9-10-11-12-13-14-15-16-26-36-60(64)67-55(47-66-63(50-30-20-17-21-31-50,51-32-22-18-23-33-51)52-34-24-19-25-35-52)46-65-54-41-43-61(5)53(45-54)37-38-56-58-40-39-57(49(4)29-27-28-48(2)3)62(58,6)44-42-59(56)61/h17-25,30-35,37,48-49,54-59H,7-16,26-29,36,38-47H2,1-6H3/t49-,54?,55?,56?,57-,58?,59?,61+,62-/m1/s1. The number of hydrogen-bond donors (Lipinski definition) is 0. The van der Waals surface area contributed by atoms with E-state index in [0.717, 1.165) is 77.9 Å². The summed E-state index contributed by atoms with van der Waals surface area (Å²) >= 11 is 0. The van der Waals surface area contributed by atoms with E-state index in [1.807, 2.05) is 0 Å². The third kappa shape index (κ3) is 12.8. The van der Waals surface area contributed by atoms with E-state index in [1.165, 1.54) is 116 Å². The first-order chi connectivity index (χ1) is 32.6. The zero-order chi connectivity index (χ0) is 47.1. The lowest BCUT2D eigenvalue weighted by Gasteiger charge is -2.58. The number of ether oxygens (including phenoxy) is 3. The van der Waals surface area contributed by atoms with E-state index in [1.54, 1.807) is 5.57 Å². The molecule has 0 amide bonds. The summed E-state index contributed by atoms with van der Waals surface area (Å²) in [6.07, 6.45) is 30.8. The molecule has 0 N–H and O–H groups in total. The smallest absolute Gasteiger partial charge is 0.306 e. The second-order valence-corrected chi connectivity index (χ2v) is 23.0. The van der Waals surface area contributed by atoms with Gasteiger partial charge in [0, 0.05) is 6.42 Å². The predicted octanol–water partition coefficient (Wildman–Crippen LogP) is 17.0. The molecular formula is C63H92O4. The number of allylic oxidation sites excluding steroid dienone is 1. The maximum Gasteiger partial charge on any atom is 0.306 e. The number of carbonyl (C=O) groups excluding carboxylic acids is 1. The molecule has 4 nitrogen and oxygen atoms in total. The van der Waals surface area contributed by atoms with Crippen molar-refractivity contribution in [3.05, 3.63) is 119 Å². The van der Waals surface area contributed by atoms with Crippen LogP contribution in [0, 0.1) is 46.3 Å². The van der Waals surface area contributed by atoms with E-state index in [2.05, 4.69) is 139 Å². The van der Waals surface area contributed by atoms with E-state index in [4.69, 9.17) is 14.2 Å². The summed E-state index contributed by atoms with van der Waals surface area (Å²) in [4.78, 5) is 13.8. The highest BCUT2D eigenvalue weighted by Crippen LogP contribution is 2.67. The Labute approximate surface area is 409 Å². The summed E-state index contributed by atoms with van der Waals surface area (Å²) in [6, 6.07) is 31.6. The van der Waals surface area contributed by atoms with Crippen molar-refractivity contribution >= 4 is 5.97 Å². The van der Waals surface area contributed by atoms with Gasteiger partial charge in [0.05, 0.1) is 19.3 Å². The van der Waals surface area contributed by atoms with Crippen LogP contribution in [0.3, 0.4) is 0 Å². The first kappa shape index (κ1) is 51.6. The quantitative estimate of drug-likeness (QED) is 0.0331. The minimum absolute atomic E-state index is 0.113. The molecule has 9 atom stereocenters. The largest absolute Gasteiger partial charge is 0.457 e. The molecule has 7 rings (SSSR count). The average molecular weight is 913 g/mol. The number of benzene rings is 3. The Morgan fingerprint density at radius 2 is 1.24 bits per heavy atom. The van der Waals surface area contributed by atoms with Gasteiger partial charge >= 0.3 is 5.97 Å². The molecule has 3 aromatic rings. The van der Waals surface area contributed by atoms with Gasteiger partial charge in [-0.3, -0.25) is 4.79 Å². The number of rotatable bonds is 27. The van der Waals surface area contributed by atoms with Crippen LogP contribution in [-0.4, -0.2) is 31.4 Å². The number of hydrogen-bond acceptors (Lipinski definition) is 4. The lowest BCUT2D eigenvalue weighted by atomic mass is 9.47. The fourth-order valence-corrected chi connectivity index (χ4v) is 14.3. The van der Waals surface area contributed by atoms with Crippen molar-refractivity contribution in [2.45, 2.75) is 207 Å². The van der Waals surface area contributed by atoms with Gasteiger partial charge in [-0.2, -0.15) is 0 Å². The van der Waals surface area contributed by atoms with Crippen LogP contribution in [-0.2, 0) is 24.6 Å². The summed E-state index contributed by atoms with van der Waals surface area (Å²) in [5, 5.41) is 0. The minimum Gasteiger partial charge on any atom is -0.457 e. The third-order valence-electron chi connectivity index (χ3n) is 18.1. The van der Waals surface area contributed by atoms with Crippen LogP contribution in [0.15, 0.2) is 103 Å². The van der Waals surface area contributed by atoms with Gasteiger partial charge in [0.25, 0.3) is 0 Å². The fourth-order valence-electron chi connectivity index (χ4n) is 14.3. The van der Waals surface area contributed by atoms with Gasteiger partial charge in [-0.1, -0.05) is 228 Å². The van der Waals surface area contributed by atoms with Crippen LogP contribution in [0.5, 0.6) is 0 Å². The third-order valence-corrected chi connectivity index (χ3v) is 18.1. The van der Waals surface area contributed by atoms with Crippen molar-refractivity contribution < 1.29 is 19.0 Å². The lowest BCUT2D eigenvalue weighted by molar-refractivity contribution is -0.162. The molecular weight excluding hydrogens is 821 g/mol. The molecule has 4 aliphatic rings. The van der Waals surface area contributed by atoms with Crippen LogP contribution in [0.1, 0.15) is 206 Å². The molecule has 0 heterocycles. The van der Waals surface area contributed by atoms with Gasteiger partial charge in [0.15, 0.2) is 0 Å². The second-order valence-electron chi connectivity index (χ2n) is 23.0. The molecule has 5 unspecified atom stereocenters. The maximum absolute atomic E-state index is 13.8. The van der Waals surface area contributed by atoms with E-state index in [-0.39, 0.29) is 24.1 Å². The summed E-state index contributed by atoms with van der Waals surface area (Å²) < 4.78 is 20.7. The molecule has 0 bridgehead atoms. The number of esters is 1. The Morgan fingerprint density at radius 1 is 0.657 bits per heavy atom. The lowest BCUT2D eigenvalue weighted by Crippen LogP contribution is -2.51. The van der Waals surface area contributed by atoms with Crippen molar-refractivity contribution in [3.63, 3.8) is 0 Å². The van der Waals surface area contributed by atoms with Gasteiger partial charge in [-0.25, -0.2) is 0 Å². The highest BCUT2D eigenvalue weighted by Gasteiger charge is 2.59. The van der Waals surface area contributed by atoms with Crippen molar-refractivity contribution in [3.8, 4) is 0 Å². The summed E-state index contributed by atoms with van der Waals surface area (Å²) in [6.45, 7) is 15.5. The summed E-state index contributed by atoms with van der Waals surface area (Å²) in [7, 11) is 0. The molecule has 368 valence electrons. The number of unbranched alkanes of at least 4 members (excludes halogenated alkanes) is 10. The predicted molar refractivity (Wildman–Crippen MR) is 279 cm³/mol. The van der Waals surface area contributed by atoms with Crippen molar-refractivity contribution in [1.29, 1.82) is 0 Å².